The first-order valence-electron chi connectivity index (χ1n) is 6.64. The van der Waals surface area contributed by atoms with Crippen molar-refractivity contribution >= 4 is 11.6 Å². The van der Waals surface area contributed by atoms with Crippen molar-refractivity contribution in [3.05, 3.63) is 29.0 Å². The van der Waals surface area contributed by atoms with Gasteiger partial charge in [-0.2, -0.15) is 0 Å². The number of rotatable bonds is 2. The van der Waals surface area contributed by atoms with Crippen molar-refractivity contribution < 1.29 is 14.2 Å². The van der Waals surface area contributed by atoms with Gasteiger partial charge in [0.1, 0.15) is 17.7 Å². The van der Waals surface area contributed by atoms with Crippen LogP contribution >= 0.6 is 11.6 Å². The van der Waals surface area contributed by atoms with Crippen LogP contribution in [0.1, 0.15) is 12.8 Å². The predicted octanol–water partition coefficient (Wildman–Crippen LogP) is 2.22. The van der Waals surface area contributed by atoms with Gasteiger partial charge >= 0.3 is 0 Å². The Labute approximate surface area is 116 Å². The molecule has 1 aliphatic carbocycles. The van der Waals surface area contributed by atoms with E-state index in [-0.39, 0.29) is 16.9 Å². The van der Waals surface area contributed by atoms with Crippen molar-refractivity contribution in [2.45, 2.75) is 25.0 Å². The minimum Gasteiger partial charge on any atom is -0.486 e. The molecular formula is C14H17ClFNO2. The fraction of sp³-hybridized carbons (Fsp3) is 0.571. The molecule has 1 aliphatic heterocycles. The molecule has 1 aromatic carbocycles. The van der Waals surface area contributed by atoms with Gasteiger partial charge in [0.15, 0.2) is 0 Å². The predicted molar refractivity (Wildman–Crippen MR) is 70.9 cm³/mol. The van der Waals surface area contributed by atoms with E-state index in [1.807, 2.05) is 0 Å². The molecule has 1 aromatic rings. The Kier molecular flexibility index (Phi) is 3.65. The Morgan fingerprint density at radius 2 is 2.00 bits per heavy atom. The summed E-state index contributed by atoms with van der Waals surface area (Å²) in [4.78, 5) is 0. The van der Waals surface area contributed by atoms with Crippen LogP contribution in [0.3, 0.4) is 0 Å². The van der Waals surface area contributed by atoms with Gasteiger partial charge in [0, 0.05) is 0 Å². The van der Waals surface area contributed by atoms with Gasteiger partial charge in [-0.3, -0.25) is 0 Å². The molecule has 1 heterocycles. The van der Waals surface area contributed by atoms with Gasteiger partial charge in [-0.05, 0) is 56.0 Å². The van der Waals surface area contributed by atoms with Gasteiger partial charge in [-0.15, -0.1) is 0 Å². The second kappa shape index (κ2) is 5.27. The highest BCUT2D eigenvalue weighted by Crippen LogP contribution is 2.36. The van der Waals surface area contributed by atoms with E-state index in [1.165, 1.54) is 18.2 Å². The van der Waals surface area contributed by atoms with Crippen molar-refractivity contribution in [2.24, 2.45) is 11.8 Å². The average molecular weight is 286 g/mol. The minimum atomic E-state index is -0.484. The fourth-order valence-corrected chi connectivity index (χ4v) is 3.33. The Morgan fingerprint density at radius 1 is 1.26 bits per heavy atom. The summed E-state index contributed by atoms with van der Waals surface area (Å²) in [6.45, 7) is 1.96. The second-order valence-corrected chi connectivity index (χ2v) is 5.86. The van der Waals surface area contributed by atoms with Crippen LogP contribution in [0.5, 0.6) is 5.75 Å². The first-order valence-corrected chi connectivity index (χ1v) is 7.02. The molecule has 0 unspecified atom stereocenters. The Balaban J connectivity index is 1.71. The second-order valence-electron chi connectivity index (χ2n) is 5.45. The van der Waals surface area contributed by atoms with E-state index in [4.69, 9.17) is 16.3 Å². The third kappa shape index (κ3) is 2.71. The zero-order chi connectivity index (χ0) is 13.4. The Morgan fingerprint density at radius 3 is 2.74 bits per heavy atom. The molecular weight excluding hydrogens is 269 g/mol. The van der Waals surface area contributed by atoms with Crippen LogP contribution in [0.15, 0.2) is 18.2 Å². The van der Waals surface area contributed by atoms with Crippen molar-refractivity contribution in [2.75, 3.05) is 13.1 Å². The number of aliphatic hydroxyl groups is 1. The molecule has 0 aromatic heterocycles. The highest BCUT2D eigenvalue weighted by molar-refractivity contribution is 6.32. The molecule has 3 rings (SSSR count). The fourth-order valence-electron chi connectivity index (χ4n) is 3.12. The number of hydrogen-bond donors (Lipinski definition) is 2. The first kappa shape index (κ1) is 13.2. The van der Waals surface area contributed by atoms with Gasteiger partial charge < -0.3 is 15.2 Å². The molecule has 0 amide bonds. The highest BCUT2D eigenvalue weighted by atomic mass is 35.5. The van der Waals surface area contributed by atoms with Crippen molar-refractivity contribution in [3.63, 3.8) is 0 Å². The molecule has 0 bridgehead atoms. The lowest BCUT2D eigenvalue weighted by Crippen LogP contribution is -2.42. The van der Waals surface area contributed by atoms with E-state index < -0.39 is 6.10 Å². The molecule has 2 aliphatic rings. The molecule has 1 saturated carbocycles. The van der Waals surface area contributed by atoms with Crippen molar-refractivity contribution in [3.8, 4) is 5.75 Å². The summed E-state index contributed by atoms with van der Waals surface area (Å²) in [6, 6.07) is 4.06. The van der Waals surface area contributed by atoms with Gasteiger partial charge in [0.25, 0.3) is 0 Å². The summed E-state index contributed by atoms with van der Waals surface area (Å²) in [5.41, 5.74) is 0. The summed E-state index contributed by atoms with van der Waals surface area (Å²) in [5.74, 6) is 1.14. The lowest BCUT2D eigenvalue weighted by atomic mass is 9.78. The van der Waals surface area contributed by atoms with Crippen molar-refractivity contribution in [1.82, 2.24) is 5.32 Å². The van der Waals surface area contributed by atoms with Crippen LogP contribution in [-0.4, -0.2) is 30.4 Å². The third-order valence-corrected chi connectivity index (χ3v) is 4.46. The molecule has 5 heteroatoms. The summed E-state index contributed by atoms with van der Waals surface area (Å²) >= 11 is 5.95. The molecule has 2 N–H and O–H groups in total. The molecule has 2 fully saturated rings. The number of aliphatic hydroxyl groups excluding tert-OH is 1. The summed E-state index contributed by atoms with van der Waals surface area (Å²) in [5, 5.41) is 13.7. The molecule has 3 nitrogen and oxygen atoms in total. The maximum atomic E-state index is 13.0. The number of hydrogen-bond acceptors (Lipinski definition) is 3. The number of fused-ring (bicyclic) bond motifs is 1. The maximum Gasteiger partial charge on any atom is 0.138 e. The average Bonchev–Trinajstić information content (AvgIpc) is 2.80. The largest absolute Gasteiger partial charge is 0.486 e. The van der Waals surface area contributed by atoms with Crippen LogP contribution in [0.2, 0.25) is 5.02 Å². The van der Waals surface area contributed by atoms with E-state index in [0.29, 0.717) is 17.6 Å². The van der Waals surface area contributed by atoms with Crippen LogP contribution in [0.25, 0.3) is 0 Å². The number of ether oxygens (including phenoxy) is 1. The highest BCUT2D eigenvalue weighted by Gasteiger charge is 2.39. The van der Waals surface area contributed by atoms with Gasteiger partial charge in [-0.25, -0.2) is 4.39 Å². The lowest BCUT2D eigenvalue weighted by molar-refractivity contribution is -0.0231. The zero-order valence-electron chi connectivity index (χ0n) is 10.5. The molecule has 0 spiro atoms. The first-order chi connectivity index (χ1) is 9.13. The standard InChI is InChI=1S/C14H17ClFNO2/c15-11-5-10(16)1-2-13(11)19-14-4-9-7-17-6-8(9)3-12(14)18/h1-2,5,8-9,12,14,17-18H,3-4,6-7H2/t8-,9+,12+,14+/m0/s1. The van der Waals surface area contributed by atoms with Gasteiger partial charge in [-0.1, -0.05) is 11.6 Å². The van der Waals surface area contributed by atoms with Gasteiger partial charge in [0.2, 0.25) is 0 Å². The molecule has 104 valence electrons. The lowest BCUT2D eigenvalue weighted by Gasteiger charge is -2.35. The molecule has 19 heavy (non-hydrogen) atoms. The van der Waals surface area contributed by atoms with Crippen LogP contribution < -0.4 is 10.1 Å². The van der Waals surface area contributed by atoms with E-state index >= 15 is 0 Å². The maximum absolute atomic E-state index is 13.0. The zero-order valence-corrected chi connectivity index (χ0v) is 11.2. The third-order valence-electron chi connectivity index (χ3n) is 4.16. The van der Waals surface area contributed by atoms with E-state index in [1.54, 1.807) is 0 Å². The smallest absolute Gasteiger partial charge is 0.138 e. The SMILES string of the molecule is O[C@@H]1C[C@H]2CNC[C@H]2C[C@H]1Oc1ccc(F)cc1Cl. The van der Waals surface area contributed by atoms with Crippen LogP contribution in [0.4, 0.5) is 4.39 Å². The Bertz CT molecular complexity index is 471. The van der Waals surface area contributed by atoms with Crippen LogP contribution in [0, 0.1) is 17.7 Å². The normalized spacial score (nSPS) is 34.1. The molecule has 4 atom stereocenters. The van der Waals surface area contributed by atoms with Crippen molar-refractivity contribution in [1.29, 1.82) is 0 Å². The Hall–Kier alpha value is -0.840. The minimum absolute atomic E-state index is 0.249. The van der Waals surface area contributed by atoms with E-state index in [2.05, 4.69) is 5.32 Å². The summed E-state index contributed by atoms with van der Waals surface area (Å²) in [6.07, 6.45) is 0.819. The topological polar surface area (TPSA) is 41.5 Å². The molecule has 0 radical (unpaired) electrons. The summed E-state index contributed by atoms with van der Waals surface area (Å²) < 4.78 is 18.8. The monoisotopic (exact) mass is 285 g/mol. The van der Waals surface area contributed by atoms with E-state index in [9.17, 15) is 9.50 Å². The number of nitrogens with one attached hydrogen (secondary N) is 1. The quantitative estimate of drug-likeness (QED) is 0.875. The molecule has 1 saturated heterocycles. The van der Waals surface area contributed by atoms with E-state index in [0.717, 1.165) is 25.9 Å². The van der Waals surface area contributed by atoms with Gasteiger partial charge in [0.05, 0.1) is 11.1 Å². The number of benzene rings is 1. The summed E-state index contributed by atoms with van der Waals surface area (Å²) in [7, 11) is 0. The number of halogens is 2. The van der Waals surface area contributed by atoms with Crippen LogP contribution in [-0.2, 0) is 0 Å².